The van der Waals surface area contributed by atoms with Crippen LogP contribution in [0.3, 0.4) is 0 Å². The second-order valence-corrected chi connectivity index (χ2v) is 4.55. The molecule has 1 aromatic rings. The molecule has 0 radical (unpaired) electrons. The molecule has 1 rings (SSSR count). The van der Waals surface area contributed by atoms with Crippen LogP contribution in [0.2, 0.25) is 0 Å². The summed E-state index contributed by atoms with van der Waals surface area (Å²) in [7, 11) is -5.63. The molecule has 0 fully saturated rings. The van der Waals surface area contributed by atoms with E-state index in [2.05, 4.69) is 4.18 Å². The second kappa shape index (κ2) is 3.85. The van der Waals surface area contributed by atoms with Gasteiger partial charge in [-0.3, -0.25) is 0 Å². The van der Waals surface area contributed by atoms with E-state index in [1.807, 2.05) is 0 Å². The summed E-state index contributed by atoms with van der Waals surface area (Å²) in [6.07, 6.45) is 0. The van der Waals surface area contributed by atoms with E-state index < -0.39 is 21.4 Å². The Balaban J connectivity index is 3.07. The van der Waals surface area contributed by atoms with E-state index >= 15 is 0 Å². The molecule has 8 heteroatoms. The highest BCUT2D eigenvalue weighted by Crippen LogP contribution is 2.29. The Kier molecular flexibility index (Phi) is 3.04. The summed E-state index contributed by atoms with van der Waals surface area (Å²) in [6, 6.07) is 3.61. The smallest absolute Gasteiger partial charge is 0.399 e. The third-order valence-corrected chi connectivity index (χ3v) is 2.65. The van der Waals surface area contributed by atoms with E-state index in [9.17, 15) is 21.6 Å². The SMILES string of the molecule is Cc1cc(N)ccc1OS(=O)(=O)C(F)(F)F. The van der Waals surface area contributed by atoms with Crippen molar-refractivity contribution < 1.29 is 25.8 Å². The first kappa shape index (κ1) is 12.6. The standard InChI is InChI=1S/C8H8F3NO3S/c1-5-4-6(12)2-3-7(5)15-16(13,14)8(9,10)11/h2-4H,12H2,1H3. The van der Waals surface area contributed by atoms with Gasteiger partial charge in [0.25, 0.3) is 0 Å². The second-order valence-electron chi connectivity index (χ2n) is 3.01. The Labute approximate surface area is 89.9 Å². The minimum absolute atomic E-state index is 0.202. The maximum atomic E-state index is 12.0. The Morgan fingerprint density at radius 2 is 1.88 bits per heavy atom. The van der Waals surface area contributed by atoms with Crippen molar-refractivity contribution in [2.45, 2.75) is 12.4 Å². The zero-order valence-electron chi connectivity index (χ0n) is 8.08. The van der Waals surface area contributed by atoms with E-state index in [-0.39, 0.29) is 5.56 Å². The number of aryl methyl sites for hydroxylation is 1. The number of anilines is 1. The fourth-order valence-corrected chi connectivity index (χ4v) is 1.45. The predicted octanol–water partition coefficient (Wildman–Crippen LogP) is 1.81. The van der Waals surface area contributed by atoms with Crippen LogP contribution in [0.25, 0.3) is 0 Å². The molecule has 0 bridgehead atoms. The molecule has 0 aliphatic rings. The maximum absolute atomic E-state index is 12.0. The van der Waals surface area contributed by atoms with Crippen LogP contribution in [0.5, 0.6) is 5.75 Å². The average Bonchev–Trinajstić information content (AvgIpc) is 2.08. The maximum Gasteiger partial charge on any atom is 0.534 e. The van der Waals surface area contributed by atoms with Crippen LogP contribution in [0, 0.1) is 6.92 Å². The third-order valence-electron chi connectivity index (χ3n) is 1.68. The van der Waals surface area contributed by atoms with E-state index in [0.29, 0.717) is 5.69 Å². The lowest BCUT2D eigenvalue weighted by Gasteiger charge is -2.11. The van der Waals surface area contributed by atoms with Crippen LogP contribution < -0.4 is 9.92 Å². The molecule has 1 aromatic carbocycles. The van der Waals surface area contributed by atoms with Crippen molar-refractivity contribution in [1.29, 1.82) is 0 Å². The topological polar surface area (TPSA) is 69.4 Å². The minimum atomic E-state index is -5.63. The molecule has 0 amide bonds. The van der Waals surface area contributed by atoms with Crippen molar-refractivity contribution in [3.05, 3.63) is 23.8 Å². The van der Waals surface area contributed by atoms with Crippen LogP contribution in [-0.2, 0) is 10.1 Å². The molecule has 0 spiro atoms. The summed E-state index contributed by atoms with van der Waals surface area (Å²) in [5.74, 6) is -0.397. The monoisotopic (exact) mass is 255 g/mol. The van der Waals surface area contributed by atoms with E-state index in [1.165, 1.54) is 19.1 Å². The fraction of sp³-hybridized carbons (Fsp3) is 0.250. The molecule has 0 saturated heterocycles. The van der Waals surface area contributed by atoms with E-state index in [4.69, 9.17) is 5.73 Å². The number of benzene rings is 1. The molecule has 0 aliphatic heterocycles. The molecule has 0 saturated carbocycles. The molecular formula is C8H8F3NO3S. The molecule has 90 valence electrons. The Bertz CT molecular complexity index is 496. The van der Waals surface area contributed by atoms with Gasteiger partial charge in [-0.05, 0) is 30.7 Å². The van der Waals surface area contributed by atoms with Crippen LogP contribution in [-0.4, -0.2) is 13.9 Å². The van der Waals surface area contributed by atoms with Gasteiger partial charge in [-0.15, -0.1) is 0 Å². The van der Waals surface area contributed by atoms with Crippen molar-refractivity contribution >= 4 is 15.8 Å². The lowest BCUT2D eigenvalue weighted by atomic mass is 10.2. The number of nitrogens with two attached hydrogens (primary N) is 1. The quantitative estimate of drug-likeness (QED) is 0.497. The average molecular weight is 255 g/mol. The molecule has 2 N–H and O–H groups in total. The van der Waals surface area contributed by atoms with Crippen LogP contribution in [0.1, 0.15) is 5.56 Å². The molecule has 0 heterocycles. The molecular weight excluding hydrogens is 247 g/mol. The van der Waals surface area contributed by atoms with Crippen molar-refractivity contribution in [3.63, 3.8) is 0 Å². The first-order chi connectivity index (χ1) is 7.13. The van der Waals surface area contributed by atoms with Crippen LogP contribution in [0.15, 0.2) is 18.2 Å². The minimum Gasteiger partial charge on any atom is -0.399 e. The van der Waals surface area contributed by atoms with Gasteiger partial charge in [0.2, 0.25) is 0 Å². The number of nitrogen functional groups attached to an aromatic ring is 1. The largest absolute Gasteiger partial charge is 0.534 e. The van der Waals surface area contributed by atoms with Gasteiger partial charge in [-0.1, -0.05) is 0 Å². The van der Waals surface area contributed by atoms with Gasteiger partial charge in [0, 0.05) is 5.69 Å². The lowest BCUT2D eigenvalue weighted by Crippen LogP contribution is -2.28. The zero-order valence-corrected chi connectivity index (χ0v) is 8.89. The van der Waals surface area contributed by atoms with Crippen molar-refractivity contribution in [2.24, 2.45) is 0 Å². The summed E-state index contributed by atoms with van der Waals surface area (Å²) >= 11 is 0. The highest BCUT2D eigenvalue weighted by Gasteiger charge is 2.48. The van der Waals surface area contributed by atoms with E-state index in [1.54, 1.807) is 0 Å². The molecule has 4 nitrogen and oxygen atoms in total. The van der Waals surface area contributed by atoms with Gasteiger partial charge < -0.3 is 9.92 Å². The summed E-state index contributed by atoms with van der Waals surface area (Å²) in [5.41, 5.74) is 0.408. The summed E-state index contributed by atoms with van der Waals surface area (Å²) in [6.45, 7) is 1.39. The van der Waals surface area contributed by atoms with Crippen LogP contribution in [0.4, 0.5) is 18.9 Å². The molecule has 0 aromatic heterocycles. The van der Waals surface area contributed by atoms with E-state index in [0.717, 1.165) is 6.07 Å². The Morgan fingerprint density at radius 1 is 1.31 bits per heavy atom. The highest BCUT2D eigenvalue weighted by atomic mass is 32.2. The first-order valence-corrected chi connectivity index (χ1v) is 5.41. The normalized spacial score (nSPS) is 12.5. The van der Waals surface area contributed by atoms with Crippen molar-refractivity contribution in [2.75, 3.05) is 5.73 Å². The van der Waals surface area contributed by atoms with Crippen LogP contribution >= 0.6 is 0 Å². The van der Waals surface area contributed by atoms with Crippen molar-refractivity contribution in [3.8, 4) is 5.75 Å². The number of alkyl halides is 3. The molecule has 16 heavy (non-hydrogen) atoms. The summed E-state index contributed by atoms with van der Waals surface area (Å²) in [5, 5.41) is 0. The predicted molar refractivity (Wildman–Crippen MR) is 51.2 cm³/mol. The molecule has 0 aliphatic carbocycles. The number of halogens is 3. The zero-order chi connectivity index (χ0) is 12.6. The Hall–Kier alpha value is -1.44. The van der Waals surface area contributed by atoms with Gasteiger partial charge in [0.15, 0.2) is 0 Å². The van der Waals surface area contributed by atoms with Gasteiger partial charge in [0.05, 0.1) is 0 Å². The van der Waals surface area contributed by atoms with Gasteiger partial charge in [-0.25, -0.2) is 0 Å². The molecule has 0 unspecified atom stereocenters. The Morgan fingerprint density at radius 3 is 2.31 bits per heavy atom. The van der Waals surface area contributed by atoms with Gasteiger partial charge >= 0.3 is 15.6 Å². The van der Waals surface area contributed by atoms with Gasteiger partial charge in [0.1, 0.15) is 5.75 Å². The number of hydrogen-bond acceptors (Lipinski definition) is 4. The fourth-order valence-electron chi connectivity index (χ4n) is 0.932. The lowest BCUT2D eigenvalue weighted by molar-refractivity contribution is -0.0500. The summed E-state index contributed by atoms with van der Waals surface area (Å²) in [4.78, 5) is 0. The number of rotatable bonds is 2. The number of hydrogen-bond donors (Lipinski definition) is 1. The molecule has 0 atom stereocenters. The van der Waals surface area contributed by atoms with Crippen molar-refractivity contribution in [1.82, 2.24) is 0 Å². The third kappa shape index (κ3) is 2.57. The highest BCUT2D eigenvalue weighted by molar-refractivity contribution is 7.88. The first-order valence-electron chi connectivity index (χ1n) is 4.00. The summed E-state index contributed by atoms with van der Waals surface area (Å²) < 4.78 is 61.3. The van der Waals surface area contributed by atoms with Gasteiger partial charge in [-0.2, -0.15) is 21.6 Å².